The second kappa shape index (κ2) is 6.68. The number of hydrogen-bond acceptors (Lipinski definition) is 4. The first kappa shape index (κ1) is 14.7. The summed E-state index contributed by atoms with van der Waals surface area (Å²) in [4.78, 5) is 1.95. The number of ether oxygens (including phenoxy) is 1. The Kier molecular flexibility index (Phi) is 4.27. The summed E-state index contributed by atoms with van der Waals surface area (Å²) in [7, 11) is 0. The Balaban J connectivity index is 1.91. The van der Waals surface area contributed by atoms with Gasteiger partial charge in [-0.15, -0.1) is 0 Å². The highest BCUT2D eigenvalue weighted by Gasteiger charge is 2.32. The third-order valence-electron chi connectivity index (χ3n) is 3.75. The molecular weight excluding hydrogens is 286 g/mol. The predicted octanol–water partition coefficient (Wildman–Crippen LogP) is 3.52. The largest absolute Gasteiger partial charge is 0.467 e. The highest BCUT2D eigenvalue weighted by Crippen LogP contribution is 2.33. The van der Waals surface area contributed by atoms with Crippen molar-refractivity contribution < 1.29 is 4.74 Å². The van der Waals surface area contributed by atoms with Crippen LogP contribution in [0.3, 0.4) is 0 Å². The first-order valence-electron chi connectivity index (χ1n) is 7.36. The Morgan fingerprint density at radius 1 is 1.00 bits per heavy atom. The van der Waals surface area contributed by atoms with Gasteiger partial charge in [0.2, 0.25) is 5.88 Å². The minimum atomic E-state index is -0.174. The molecule has 112 valence electrons. The van der Waals surface area contributed by atoms with E-state index in [1.807, 2.05) is 77.7 Å². The Hall–Kier alpha value is -3.24. The van der Waals surface area contributed by atoms with Crippen LogP contribution in [0.2, 0.25) is 0 Å². The predicted molar refractivity (Wildman–Crippen MR) is 85.4 cm³/mol. The maximum Gasteiger partial charge on any atom is 0.219 e. The fourth-order valence-electron chi connectivity index (χ4n) is 2.65. The second-order valence-electron chi connectivity index (χ2n) is 5.29. The molecule has 1 heterocycles. The van der Waals surface area contributed by atoms with Crippen LogP contribution in [-0.2, 0) is 11.3 Å². The van der Waals surface area contributed by atoms with Gasteiger partial charge in [-0.1, -0.05) is 60.7 Å². The van der Waals surface area contributed by atoms with E-state index in [0.29, 0.717) is 19.0 Å². The van der Waals surface area contributed by atoms with Crippen molar-refractivity contribution in [1.29, 1.82) is 10.5 Å². The van der Waals surface area contributed by atoms with E-state index in [4.69, 9.17) is 4.74 Å². The molecule has 2 aromatic carbocycles. The number of allylic oxidation sites excluding steroid dienone is 1. The summed E-state index contributed by atoms with van der Waals surface area (Å²) in [6.45, 7) is 1.22. The van der Waals surface area contributed by atoms with Crippen LogP contribution in [-0.4, -0.2) is 11.4 Å². The van der Waals surface area contributed by atoms with Crippen LogP contribution in [0.1, 0.15) is 17.2 Å². The normalized spacial score (nSPS) is 16.3. The second-order valence-corrected chi connectivity index (χ2v) is 5.29. The molecule has 0 amide bonds. The third-order valence-corrected chi connectivity index (χ3v) is 3.75. The third kappa shape index (κ3) is 3.17. The van der Waals surface area contributed by atoms with Gasteiger partial charge >= 0.3 is 0 Å². The van der Waals surface area contributed by atoms with Gasteiger partial charge < -0.3 is 9.64 Å². The molecule has 1 fully saturated rings. The number of nitriles is 2. The van der Waals surface area contributed by atoms with E-state index >= 15 is 0 Å². The van der Waals surface area contributed by atoms with Gasteiger partial charge in [0.15, 0.2) is 5.57 Å². The minimum Gasteiger partial charge on any atom is -0.467 e. The zero-order valence-electron chi connectivity index (χ0n) is 12.5. The Morgan fingerprint density at radius 3 is 2.22 bits per heavy atom. The zero-order valence-corrected chi connectivity index (χ0v) is 12.5. The van der Waals surface area contributed by atoms with Gasteiger partial charge in [-0.2, -0.15) is 10.5 Å². The number of benzene rings is 2. The SMILES string of the molecule is N#CC(C#N)=C1OC(c2ccccc2)CN1Cc1ccccc1. The highest BCUT2D eigenvalue weighted by atomic mass is 16.5. The molecule has 0 bridgehead atoms. The molecule has 23 heavy (non-hydrogen) atoms. The summed E-state index contributed by atoms with van der Waals surface area (Å²) in [6.07, 6.45) is -0.174. The van der Waals surface area contributed by atoms with Crippen LogP contribution in [0.25, 0.3) is 0 Å². The van der Waals surface area contributed by atoms with Crippen LogP contribution in [0.4, 0.5) is 0 Å². The highest BCUT2D eigenvalue weighted by molar-refractivity contribution is 5.39. The van der Waals surface area contributed by atoms with Gasteiger partial charge in [0.1, 0.15) is 18.2 Å². The molecule has 0 aliphatic carbocycles. The van der Waals surface area contributed by atoms with Gasteiger partial charge in [-0.3, -0.25) is 0 Å². The standard InChI is InChI=1S/C19H15N3O/c20-11-17(12-21)19-22(13-15-7-3-1-4-8-15)14-18(23-19)16-9-5-2-6-10-16/h1-10,18H,13-14H2. The summed E-state index contributed by atoms with van der Waals surface area (Å²) in [5, 5.41) is 18.4. The van der Waals surface area contributed by atoms with E-state index in [9.17, 15) is 10.5 Å². The topological polar surface area (TPSA) is 60.1 Å². The van der Waals surface area contributed by atoms with Crippen molar-refractivity contribution in [3.8, 4) is 12.1 Å². The average molecular weight is 301 g/mol. The molecule has 1 aliphatic heterocycles. The van der Waals surface area contributed by atoms with Gasteiger partial charge in [0.05, 0.1) is 6.54 Å². The van der Waals surface area contributed by atoms with Crippen molar-refractivity contribution in [3.05, 3.63) is 83.2 Å². The smallest absolute Gasteiger partial charge is 0.219 e. The molecule has 0 aromatic heterocycles. The minimum absolute atomic E-state index is 0.0133. The van der Waals surface area contributed by atoms with Crippen molar-refractivity contribution >= 4 is 0 Å². The molecule has 3 rings (SSSR count). The van der Waals surface area contributed by atoms with Crippen LogP contribution in [0, 0.1) is 22.7 Å². The Bertz CT molecular complexity index is 769. The van der Waals surface area contributed by atoms with Crippen molar-refractivity contribution in [3.63, 3.8) is 0 Å². The van der Waals surface area contributed by atoms with Crippen LogP contribution >= 0.6 is 0 Å². The van der Waals surface area contributed by atoms with E-state index in [-0.39, 0.29) is 11.7 Å². The van der Waals surface area contributed by atoms with E-state index in [1.54, 1.807) is 0 Å². The lowest BCUT2D eigenvalue weighted by atomic mass is 10.1. The molecule has 1 unspecified atom stereocenters. The van der Waals surface area contributed by atoms with E-state index in [1.165, 1.54) is 0 Å². The van der Waals surface area contributed by atoms with Gasteiger partial charge in [0.25, 0.3) is 0 Å². The summed E-state index contributed by atoms with van der Waals surface area (Å²) >= 11 is 0. The van der Waals surface area contributed by atoms with E-state index in [0.717, 1.165) is 11.1 Å². The molecule has 4 nitrogen and oxygen atoms in total. The van der Waals surface area contributed by atoms with Crippen LogP contribution < -0.4 is 0 Å². The summed E-state index contributed by atoms with van der Waals surface area (Å²) < 4.78 is 5.94. The number of nitrogens with zero attached hydrogens (tertiary/aromatic N) is 3. The van der Waals surface area contributed by atoms with Crippen molar-refractivity contribution in [2.75, 3.05) is 6.54 Å². The molecule has 0 radical (unpaired) electrons. The molecule has 0 spiro atoms. The molecule has 0 N–H and O–H groups in total. The molecule has 1 aliphatic rings. The van der Waals surface area contributed by atoms with Gasteiger partial charge in [0, 0.05) is 6.54 Å². The molecule has 0 saturated carbocycles. The average Bonchev–Trinajstić information content (AvgIpc) is 3.02. The lowest BCUT2D eigenvalue weighted by Gasteiger charge is -2.16. The van der Waals surface area contributed by atoms with Crippen molar-refractivity contribution in [2.24, 2.45) is 0 Å². The number of rotatable bonds is 3. The molecule has 2 aromatic rings. The lowest BCUT2D eigenvalue weighted by molar-refractivity contribution is 0.160. The quantitative estimate of drug-likeness (QED) is 0.814. The maximum absolute atomic E-state index is 9.19. The number of hydrogen-bond donors (Lipinski definition) is 0. The van der Waals surface area contributed by atoms with Gasteiger partial charge in [-0.05, 0) is 11.1 Å². The zero-order chi connectivity index (χ0) is 16.1. The molecule has 1 saturated heterocycles. The Labute approximate surface area is 135 Å². The lowest BCUT2D eigenvalue weighted by Crippen LogP contribution is -2.19. The maximum atomic E-state index is 9.19. The molecule has 4 heteroatoms. The molecular formula is C19H15N3O. The van der Waals surface area contributed by atoms with Crippen molar-refractivity contribution in [2.45, 2.75) is 12.6 Å². The fourth-order valence-corrected chi connectivity index (χ4v) is 2.65. The summed E-state index contributed by atoms with van der Waals surface area (Å²) in [6, 6.07) is 23.7. The van der Waals surface area contributed by atoms with Gasteiger partial charge in [-0.25, -0.2) is 0 Å². The summed E-state index contributed by atoms with van der Waals surface area (Å²) in [5.74, 6) is 0.368. The first-order valence-corrected chi connectivity index (χ1v) is 7.36. The fraction of sp³-hybridized carbons (Fsp3) is 0.158. The van der Waals surface area contributed by atoms with Crippen molar-refractivity contribution in [1.82, 2.24) is 4.90 Å². The Morgan fingerprint density at radius 2 is 1.61 bits per heavy atom. The monoisotopic (exact) mass is 301 g/mol. The van der Waals surface area contributed by atoms with Crippen LogP contribution in [0.15, 0.2) is 72.1 Å². The van der Waals surface area contributed by atoms with Crippen LogP contribution in [0.5, 0.6) is 0 Å². The van der Waals surface area contributed by atoms with E-state index in [2.05, 4.69) is 0 Å². The summed E-state index contributed by atoms with van der Waals surface area (Å²) in [5.41, 5.74) is 2.16. The first-order chi connectivity index (χ1) is 11.3. The van der Waals surface area contributed by atoms with E-state index < -0.39 is 0 Å². The molecule has 1 atom stereocenters.